The molecule has 234 valence electrons. The Morgan fingerprint density at radius 1 is 1.02 bits per heavy atom. The second-order valence-electron chi connectivity index (χ2n) is 12.5. The minimum absolute atomic E-state index is 0.0220. The molecule has 4 aliphatic rings. The number of benzene rings is 3. The van der Waals surface area contributed by atoms with Crippen LogP contribution in [0.1, 0.15) is 55.2 Å². The number of fused-ring (bicyclic) bond motifs is 3. The lowest BCUT2D eigenvalue weighted by Crippen LogP contribution is -2.57. The maximum Gasteiger partial charge on any atom is 0.288 e. The highest BCUT2D eigenvalue weighted by Crippen LogP contribution is 2.46. The summed E-state index contributed by atoms with van der Waals surface area (Å²) in [5.74, 6) is -0.0153. The van der Waals surface area contributed by atoms with Gasteiger partial charge < -0.3 is 29.7 Å². The van der Waals surface area contributed by atoms with E-state index in [9.17, 15) is 14.7 Å². The number of likely N-dealkylation sites (tertiary alicyclic amines) is 1. The first-order valence-electron chi connectivity index (χ1n) is 16.3. The molecule has 3 aliphatic heterocycles. The maximum absolute atomic E-state index is 14.2. The first-order valence-corrected chi connectivity index (χ1v) is 16.3. The van der Waals surface area contributed by atoms with Crippen molar-refractivity contribution < 1.29 is 24.2 Å². The van der Waals surface area contributed by atoms with Crippen molar-refractivity contribution in [2.45, 2.75) is 56.8 Å². The highest BCUT2D eigenvalue weighted by molar-refractivity contribution is 5.95. The molecule has 0 bridgehead atoms. The summed E-state index contributed by atoms with van der Waals surface area (Å²) in [4.78, 5) is 31.3. The molecule has 1 spiro atoms. The van der Waals surface area contributed by atoms with E-state index in [4.69, 9.17) is 9.47 Å². The van der Waals surface area contributed by atoms with E-state index in [0.29, 0.717) is 57.8 Å². The molecular weight excluding hydrogens is 566 g/mol. The Kier molecular flexibility index (Phi) is 8.10. The molecule has 1 aliphatic carbocycles. The number of carbonyl (C=O) groups is 2. The van der Waals surface area contributed by atoms with Crippen molar-refractivity contribution in [2.75, 3.05) is 37.9 Å². The van der Waals surface area contributed by atoms with E-state index in [0.717, 1.165) is 12.1 Å². The number of aliphatic hydroxyl groups excluding tert-OH is 1. The first kappa shape index (κ1) is 29.6. The fourth-order valence-electron chi connectivity index (χ4n) is 7.88. The third-order valence-electron chi connectivity index (χ3n) is 10.2. The molecule has 2 saturated heterocycles. The molecule has 2 amide bonds. The molecule has 45 heavy (non-hydrogen) atoms. The molecule has 3 aromatic rings. The highest BCUT2D eigenvalue weighted by Gasteiger charge is 2.51. The van der Waals surface area contributed by atoms with E-state index in [1.54, 1.807) is 0 Å². The zero-order chi connectivity index (χ0) is 31.0. The average Bonchev–Trinajstić information content (AvgIpc) is 3.61. The van der Waals surface area contributed by atoms with Gasteiger partial charge in [-0.15, -0.1) is 0 Å². The Morgan fingerprint density at radius 3 is 2.56 bits per heavy atom. The summed E-state index contributed by atoms with van der Waals surface area (Å²) in [5.41, 5.74) is 6.60. The number of rotatable bonds is 8. The van der Waals surface area contributed by atoms with Gasteiger partial charge in [0.05, 0.1) is 6.67 Å². The number of nitrogens with one attached hydrogen (secondary N) is 1. The number of hydrogen-bond donors (Lipinski definition) is 2. The van der Waals surface area contributed by atoms with Gasteiger partial charge in [-0.1, -0.05) is 60.7 Å². The summed E-state index contributed by atoms with van der Waals surface area (Å²) in [6, 6.07) is 25.0. The smallest absolute Gasteiger partial charge is 0.288 e. The Hall–Kier alpha value is -4.14. The number of allylic oxidation sites excluding steroid dienone is 1. The second kappa shape index (κ2) is 12.3. The van der Waals surface area contributed by atoms with E-state index in [1.807, 2.05) is 48.2 Å². The van der Waals surface area contributed by atoms with Crippen molar-refractivity contribution in [1.82, 2.24) is 10.2 Å². The topological polar surface area (TPSA) is 91.3 Å². The van der Waals surface area contributed by atoms with Crippen LogP contribution in [0.5, 0.6) is 0 Å². The Bertz CT molecular complexity index is 1600. The normalized spacial score (nSPS) is 23.3. The van der Waals surface area contributed by atoms with Crippen molar-refractivity contribution >= 4 is 17.5 Å². The largest absolute Gasteiger partial charge is 0.459 e. The van der Waals surface area contributed by atoms with Crippen LogP contribution in [0.3, 0.4) is 0 Å². The van der Waals surface area contributed by atoms with Gasteiger partial charge in [0.2, 0.25) is 12.2 Å². The molecule has 0 radical (unpaired) electrons. The molecule has 2 fully saturated rings. The predicted molar refractivity (Wildman–Crippen MR) is 172 cm³/mol. The molecule has 0 unspecified atom stereocenters. The van der Waals surface area contributed by atoms with Gasteiger partial charge in [0, 0.05) is 43.8 Å². The molecule has 8 nitrogen and oxygen atoms in total. The van der Waals surface area contributed by atoms with Crippen LogP contribution in [0.4, 0.5) is 5.69 Å². The van der Waals surface area contributed by atoms with Crippen LogP contribution in [-0.4, -0.2) is 66.6 Å². The van der Waals surface area contributed by atoms with Gasteiger partial charge in [-0.25, -0.2) is 0 Å². The van der Waals surface area contributed by atoms with Gasteiger partial charge >= 0.3 is 0 Å². The fraction of sp³-hybridized carbons (Fsp3) is 0.405. The van der Waals surface area contributed by atoms with Crippen LogP contribution in [-0.2, 0) is 25.5 Å². The van der Waals surface area contributed by atoms with Crippen LogP contribution in [0.25, 0.3) is 11.1 Å². The summed E-state index contributed by atoms with van der Waals surface area (Å²) in [5, 5.41) is 12.8. The van der Waals surface area contributed by atoms with E-state index in [1.165, 1.54) is 27.8 Å². The van der Waals surface area contributed by atoms with Crippen LogP contribution >= 0.6 is 0 Å². The molecule has 7 rings (SSSR count). The number of piperidine rings is 1. The summed E-state index contributed by atoms with van der Waals surface area (Å²) >= 11 is 0. The van der Waals surface area contributed by atoms with Crippen molar-refractivity contribution in [2.24, 2.45) is 5.92 Å². The SMILES string of the molecule is CCO[C@H]1OC(C(=O)N2CCC3(CC2)C(=O)NCN3c2ccccc2)=C[C@@H](c2cccc3c2Cc2ccccc2-3)[C@H]1CCCO. The number of ether oxygens (including phenoxy) is 2. The van der Waals surface area contributed by atoms with Gasteiger partial charge in [-0.2, -0.15) is 0 Å². The summed E-state index contributed by atoms with van der Waals surface area (Å²) in [6.45, 7) is 3.83. The molecule has 2 N–H and O–H groups in total. The Balaban J connectivity index is 1.18. The van der Waals surface area contributed by atoms with Crippen molar-refractivity contribution in [1.29, 1.82) is 0 Å². The second-order valence-corrected chi connectivity index (χ2v) is 12.5. The van der Waals surface area contributed by atoms with Gasteiger partial charge in [0.25, 0.3) is 5.91 Å². The number of amides is 2. The predicted octanol–water partition coefficient (Wildman–Crippen LogP) is 4.96. The summed E-state index contributed by atoms with van der Waals surface area (Å²) in [7, 11) is 0. The van der Waals surface area contributed by atoms with Crippen molar-refractivity contribution in [3.63, 3.8) is 0 Å². The fourth-order valence-corrected chi connectivity index (χ4v) is 7.88. The lowest BCUT2D eigenvalue weighted by Gasteiger charge is -2.44. The van der Waals surface area contributed by atoms with Gasteiger partial charge in [0.15, 0.2) is 5.76 Å². The highest BCUT2D eigenvalue weighted by atomic mass is 16.7. The monoisotopic (exact) mass is 607 g/mol. The van der Waals surface area contributed by atoms with Crippen molar-refractivity contribution in [3.05, 3.63) is 101 Å². The van der Waals surface area contributed by atoms with E-state index >= 15 is 0 Å². The third-order valence-corrected chi connectivity index (χ3v) is 10.2. The molecule has 3 atom stereocenters. The van der Waals surface area contributed by atoms with Crippen molar-refractivity contribution in [3.8, 4) is 11.1 Å². The third kappa shape index (κ3) is 5.20. The molecule has 8 heteroatoms. The summed E-state index contributed by atoms with van der Waals surface area (Å²) < 4.78 is 12.6. The van der Waals surface area contributed by atoms with Gasteiger partial charge in [-0.05, 0) is 85.1 Å². The minimum atomic E-state index is -0.675. The zero-order valence-electron chi connectivity index (χ0n) is 25.8. The molecule has 0 aromatic heterocycles. The molecule has 3 aromatic carbocycles. The molecular formula is C37H41N3O5. The molecule has 0 saturated carbocycles. The zero-order valence-corrected chi connectivity index (χ0v) is 25.8. The molecule has 3 heterocycles. The van der Waals surface area contributed by atoms with Crippen LogP contribution in [0, 0.1) is 5.92 Å². The lowest BCUT2D eigenvalue weighted by molar-refractivity contribution is -0.171. The Morgan fingerprint density at radius 2 is 1.78 bits per heavy atom. The number of nitrogens with zero attached hydrogens (tertiary/aromatic N) is 2. The van der Waals surface area contributed by atoms with Crippen LogP contribution in [0.15, 0.2) is 84.6 Å². The Labute approximate surface area is 264 Å². The number of para-hydroxylation sites is 1. The van der Waals surface area contributed by atoms with Gasteiger partial charge in [0.1, 0.15) is 5.54 Å². The number of carbonyl (C=O) groups excluding carboxylic acids is 2. The maximum atomic E-state index is 14.2. The first-order chi connectivity index (χ1) is 22.0. The minimum Gasteiger partial charge on any atom is -0.459 e. The van der Waals surface area contributed by atoms with Gasteiger partial charge in [-0.3, -0.25) is 9.59 Å². The lowest BCUT2D eigenvalue weighted by atomic mass is 9.78. The van der Waals surface area contributed by atoms with E-state index < -0.39 is 11.8 Å². The van der Waals surface area contributed by atoms with Crippen LogP contribution < -0.4 is 10.2 Å². The van der Waals surface area contributed by atoms with Crippen LogP contribution in [0.2, 0.25) is 0 Å². The summed E-state index contributed by atoms with van der Waals surface area (Å²) in [6.07, 6.45) is 4.63. The average molecular weight is 608 g/mol. The standard InChI is InChI=1S/C37H41N3O5/c1-2-44-35-30(16-9-21-41)32(29-15-8-14-28-27-13-7-6-10-25(27)22-31(28)29)23-33(45-35)34(42)39-19-17-37(18-20-39)36(43)38-24-40(37)26-11-4-3-5-12-26/h3-8,10-15,23,30,32,35,41H,2,9,16-22,24H2,1H3,(H,38,43)/t30-,32+,35+/m1/s1. The number of hydrogen-bond acceptors (Lipinski definition) is 6. The quantitative estimate of drug-likeness (QED) is 0.294. The number of anilines is 1. The number of aliphatic hydroxyl groups is 1. The van der Waals surface area contributed by atoms with E-state index in [-0.39, 0.29) is 30.3 Å². The van der Waals surface area contributed by atoms with E-state index in [2.05, 4.69) is 52.7 Å².